The Bertz CT molecular complexity index is 886. The van der Waals surface area contributed by atoms with Gasteiger partial charge in [-0.3, -0.25) is 10.7 Å². The van der Waals surface area contributed by atoms with Gasteiger partial charge in [0.1, 0.15) is 30.4 Å². The van der Waals surface area contributed by atoms with Crippen LogP contribution in [0.3, 0.4) is 0 Å². The first-order valence-corrected chi connectivity index (χ1v) is 9.91. The molecule has 1 atom stereocenters. The largest absolute Gasteiger partial charge is 0.474 e. The van der Waals surface area contributed by atoms with Crippen LogP contribution in [0.1, 0.15) is 31.4 Å². The Balaban J connectivity index is 1.51. The molecule has 0 bridgehead atoms. The third-order valence-corrected chi connectivity index (χ3v) is 5.35. The number of amidine groups is 1. The lowest BCUT2D eigenvalue weighted by Crippen LogP contribution is -2.51. The van der Waals surface area contributed by atoms with Crippen molar-refractivity contribution in [1.29, 1.82) is 10.7 Å². The predicted octanol–water partition coefficient (Wildman–Crippen LogP) is 3.79. The molecule has 2 aliphatic rings. The van der Waals surface area contributed by atoms with Gasteiger partial charge in [0.25, 0.3) is 0 Å². The summed E-state index contributed by atoms with van der Waals surface area (Å²) in [5.74, 6) is 0.301. The van der Waals surface area contributed by atoms with Crippen molar-refractivity contribution in [2.75, 3.05) is 13.3 Å². The van der Waals surface area contributed by atoms with Gasteiger partial charge in [-0.2, -0.15) is 5.26 Å². The van der Waals surface area contributed by atoms with Gasteiger partial charge in [-0.25, -0.2) is 13.8 Å². The Hall–Kier alpha value is -3.05. The van der Waals surface area contributed by atoms with Gasteiger partial charge in [0.2, 0.25) is 5.88 Å². The summed E-state index contributed by atoms with van der Waals surface area (Å²) in [5.41, 5.74) is 0.962. The van der Waals surface area contributed by atoms with Crippen LogP contribution in [0, 0.1) is 16.7 Å². The summed E-state index contributed by atoms with van der Waals surface area (Å²) in [6.45, 7) is 3.35. The quantitative estimate of drug-likeness (QED) is 0.602. The van der Waals surface area contributed by atoms with E-state index in [9.17, 15) is 8.78 Å². The van der Waals surface area contributed by atoms with Crippen LogP contribution >= 0.6 is 0 Å². The van der Waals surface area contributed by atoms with Crippen molar-refractivity contribution in [3.63, 3.8) is 0 Å². The van der Waals surface area contributed by atoms with E-state index in [4.69, 9.17) is 15.4 Å². The molecule has 30 heavy (non-hydrogen) atoms. The summed E-state index contributed by atoms with van der Waals surface area (Å²) in [6, 6.07) is 7.17. The monoisotopic (exact) mass is 413 g/mol. The van der Waals surface area contributed by atoms with Crippen LogP contribution in [0.4, 0.5) is 8.78 Å². The molecule has 6 nitrogen and oxygen atoms in total. The highest BCUT2D eigenvalue weighted by Crippen LogP contribution is 2.28. The number of allylic oxidation sites excluding steroid dienone is 3. The Morgan fingerprint density at radius 2 is 2.27 bits per heavy atom. The second-order valence-electron chi connectivity index (χ2n) is 7.31. The normalized spacial score (nSPS) is 24.4. The number of likely N-dealkylation sites (tertiary alicyclic amines) is 1. The molecule has 1 aliphatic heterocycles. The molecular formula is C22H25F2N5O. The number of alkyl halides is 1. The van der Waals surface area contributed by atoms with E-state index in [2.05, 4.69) is 16.9 Å². The zero-order chi connectivity index (χ0) is 21.5. The summed E-state index contributed by atoms with van der Waals surface area (Å²) in [6.07, 6.45) is 6.64. The van der Waals surface area contributed by atoms with Crippen LogP contribution in [0.15, 0.2) is 54.4 Å². The van der Waals surface area contributed by atoms with Gasteiger partial charge in [0, 0.05) is 18.5 Å². The van der Waals surface area contributed by atoms with E-state index >= 15 is 0 Å². The fraction of sp³-hybridized carbons (Fsp3) is 0.409. The molecule has 1 saturated carbocycles. The molecular weight excluding hydrogens is 388 g/mol. The molecule has 2 N–H and O–H groups in total. The lowest BCUT2D eigenvalue weighted by atomic mass is 9.89. The number of nitrogens with zero attached hydrogens (tertiary/aromatic N) is 3. The van der Waals surface area contributed by atoms with Crippen LogP contribution in [0.5, 0.6) is 5.88 Å². The zero-order valence-electron chi connectivity index (χ0n) is 16.7. The van der Waals surface area contributed by atoms with E-state index in [1.54, 1.807) is 24.3 Å². The molecule has 8 heteroatoms. The lowest BCUT2D eigenvalue weighted by molar-refractivity contribution is 0.0752. The van der Waals surface area contributed by atoms with E-state index in [0.29, 0.717) is 42.5 Å². The molecule has 2 fully saturated rings. The fourth-order valence-electron chi connectivity index (χ4n) is 3.67. The predicted molar refractivity (Wildman–Crippen MR) is 110 cm³/mol. The van der Waals surface area contributed by atoms with Crippen LogP contribution in [0.2, 0.25) is 0 Å². The van der Waals surface area contributed by atoms with Gasteiger partial charge >= 0.3 is 0 Å². The second kappa shape index (κ2) is 10.1. The fourth-order valence-corrected chi connectivity index (χ4v) is 3.67. The minimum atomic E-state index is -0.861. The number of pyridine rings is 1. The highest BCUT2D eigenvalue weighted by molar-refractivity contribution is 5.82. The van der Waals surface area contributed by atoms with E-state index in [1.807, 2.05) is 11.0 Å². The van der Waals surface area contributed by atoms with E-state index in [0.717, 1.165) is 18.9 Å². The van der Waals surface area contributed by atoms with Crippen molar-refractivity contribution in [2.45, 2.75) is 43.9 Å². The van der Waals surface area contributed by atoms with Crippen LogP contribution in [0.25, 0.3) is 0 Å². The van der Waals surface area contributed by atoms with Crippen LogP contribution in [-0.2, 0) is 0 Å². The maximum Gasteiger partial charge on any atom is 0.214 e. The minimum Gasteiger partial charge on any atom is -0.474 e. The first kappa shape index (κ1) is 21.7. The zero-order valence-corrected chi connectivity index (χ0v) is 16.7. The molecule has 158 valence electrons. The molecule has 3 rings (SSSR count). The summed E-state index contributed by atoms with van der Waals surface area (Å²) in [5, 5.41) is 20.5. The SMILES string of the molecule is C=C/C(=C\C(F)=C/CF)[C@@H]1CCC(=N)N1CNC1CC(Oc2cccc(C#N)n2)C1. The van der Waals surface area contributed by atoms with Gasteiger partial charge in [0.05, 0.1) is 18.5 Å². The number of rotatable bonds is 9. The molecule has 1 aromatic rings. The number of halogens is 2. The number of hydrogen-bond donors (Lipinski definition) is 2. The van der Waals surface area contributed by atoms with Gasteiger partial charge < -0.3 is 9.64 Å². The Morgan fingerprint density at radius 3 is 2.97 bits per heavy atom. The molecule has 1 saturated heterocycles. The highest BCUT2D eigenvalue weighted by atomic mass is 19.1. The standard InChI is InChI=1S/C22H25F2N5O/c1-2-15(10-16(24)8-9-23)20-6-7-21(26)29(20)14-27-18-11-19(12-18)30-22-5-3-4-17(13-25)28-22/h2-5,8,10,18-20,26-27H,1,6-7,9,11-12,14H2/b15-10+,16-8+,26-21?/t18?,19?,20-/m0/s1. The van der Waals surface area contributed by atoms with Crippen molar-refractivity contribution in [3.05, 3.63) is 60.1 Å². The molecule has 0 radical (unpaired) electrons. The molecule has 1 aromatic heterocycles. The minimum absolute atomic E-state index is 0.0290. The van der Waals surface area contributed by atoms with Crippen molar-refractivity contribution in [2.24, 2.45) is 0 Å². The van der Waals surface area contributed by atoms with Gasteiger partial charge in [-0.05, 0) is 43.1 Å². The average molecular weight is 413 g/mol. The summed E-state index contributed by atoms with van der Waals surface area (Å²) < 4.78 is 31.9. The number of nitrogens with one attached hydrogen (secondary N) is 2. The number of ether oxygens (including phenoxy) is 1. The third kappa shape index (κ3) is 5.30. The summed E-state index contributed by atoms with van der Waals surface area (Å²) >= 11 is 0. The second-order valence-corrected chi connectivity index (χ2v) is 7.31. The van der Waals surface area contributed by atoms with Crippen LogP contribution < -0.4 is 10.1 Å². The van der Waals surface area contributed by atoms with Crippen LogP contribution in [-0.4, -0.2) is 47.3 Å². The van der Waals surface area contributed by atoms with Gasteiger partial charge in [-0.15, -0.1) is 0 Å². The molecule has 0 aromatic carbocycles. The lowest BCUT2D eigenvalue weighted by Gasteiger charge is -2.38. The van der Waals surface area contributed by atoms with Gasteiger partial charge in [-0.1, -0.05) is 18.7 Å². The summed E-state index contributed by atoms with van der Waals surface area (Å²) in [7, 11) is 0. The number of aromatic nitrogens is 1. The average Bonchev–Trinajstić information content (AvgIpc) is 3.08. The topological polar surface area (TPSA) is 85.0 Å². The van der Waals surface area contributed by atoms with Crippen molar-refractivity contribution in [1.82, 2.24) is 15.2 Å². The summed E-state index contributed by atoms with van der Waals surface area (Å²) in [4.78, 5) is 6.01. The molecule has 1 aliphatic carbocycles. The first-order valence-electron chi connectivity index (χ1n) is 9.91. The number of nitriles is 1. The highest BCUT2D eigenvalue weighted by Gasteiger charge is 2.34. The van der Waals surface area contributed by atoms with E-state index < -0.39 is 12.5 Å². The Morgan fingerprint density at radius 1 is 1.47 bits per heavy atom. The van der Waals surface area contributed by atoms with Crippen molar-refractivity contribution < 1.29 is 13.5 Å². The molecule has 0 spiro atoms. The van der Waals surface area contributed by atoms with E-state index in [1.165, 1.54) is 6.08 Å². The third-order valence-electron chi connectivity index (χ3n) is 5.35. The number of hydrogen-bond acceptors (Lipinski definition) is 5. The molecule has 2 heterocycles. The van der Waals surface area contributed by atoms with Crippen molar-refractivity contribution in [3.8, 4) is 11.9 Å². The van der Waals surface area contributed by atoms with Crippen molar-refractivity contribution >= 4 is 5.84 Å². The van der Waals surface area contributed by atoms with E-state index in [-0.39, 0.29) is 18.2 Å². The molecule has 0 unspecified atom stereocenters. The first-order chi connectivity index (χ1) is 14.5. The Labute approximate surface area is 175 Å². The Kier molecular flexibility index (Phi) is 7.31. The maximum absolute atomic E-state index is 13.7. The smallest absolute Gasteiger partial charge is 0.214 e. The van der Waals surface area contributed by atoms with Gasteiger partial charge in [0.15, 0.2) is 0 Å². The maximum atomic E-state index is 13.7. The molecule has 0 amide bonds.